The van der Waals surface area contributed by atoms with E-state index in [9.17, 15) is 24.3 Å². The molecule has 35 heavy (non-hydrogen) atoms. The van der Waals surface area contributed by atoms with Gasteiger partial charge in [0.2, 0.25) is 17.7 Å². The molecule has 2 aromatic carbocycles. The number of benzene rings is 2. The summed E-state index contributed by atoms with van der Waals surface area (Å²) in [6.45, 7) is 2.53. The molecule has 0 saturated carbocycles. The number of fused-ring (bicyclic) bond motifs is 3. The minimum Gasteiger partial charge on any atom is -0.449 e. The van der Waals surface area contributed by atoms with Crippen molar-refractivity contribution in [2.75, 3.05) is 13.2 Å². The number of rotatable bonds is 10. The molecule has 3 unspecified atom stereocenters. The third-order valence-electron chi connectivity index (χ3n) is 5.91. The monoisotopic (exact) mass is 482 g/mol. The van der Waals surface area contributed by atoms with Gasteiger partial charge in [-0.05, 0) is 42.5 Å². The van der Waals surface area contributed by atoms with Gasteiger partial charge in [-0.1, -0.05) is 48.5 Å². The molecule has 3 atom stereocenters. The van der Waals surface area contributed by atoms with Crippen molar-refractivity contribution in [3.63, 3.8) is 0 Å². The lowest BCUT2D eigenvalue weighted by Gasteiger charge is -2.22. The van der Waals surface area contributed by atoms with Crippen molar-refractivity contribution >= 4 is 23.8 Å². The molecule has 4 amide bonds. The van der Waals surface area contributed by atoms with Crippen LogP contribution >= 0.6 is 0 Å². The first-order chi connectivity index (χ1) is 16.7. The smallest absolute Gasteiger partial charge is 0.407 e. The highest BCUT2D eigenvalue weighted by molar-refractivity contribution is 5.93. The van der Waals surface area contributed by atoms with E-state index in [1.165, 1.54) is 13.8 Å². The van der Waals surface area contributed by atoms with Crippen LogP contribution in [0.5, 0.6) is 0 Å². The predicted octanol–water partition coefficient (Wildman–Crippen LogP) is 0.771. The average Bonchev–Trinajstić information content (AvgIpc) is 3.16. The molecule has 0 spiro atoms. The van der Waals surface area contributed by atoms with E-state index in [0.29, 0.717) is 0 Å². The standard InChI is InChI=1S/C25H30N4O6/c1-14(22(26)31)27-23(32)15(2)28-24(33)21(11-12-30)29-25(34)35-13-20-18-9-5-3-7-16(18)17-8-4-6-10-19(17)20/h3-10,14-15,20-21,30H,11-13H2,1-2H3,(H2,26,31)(H,27,32)(H,28,33)(H,29,34). The van der Waals surface area contributed by atoms with Gasteiger partial charge in [0.25, 0.3) is 0 Å². The molecule has 0 aliphatic heterocycles. The van der Waals surface area contributed by atoms with Crippen LogP contribution in [0.15, 0.2) is 48.5 Å². The molecule has 0 fully saturated rings. The summed E-state index contributed by atoms with van der Waals surface area (Å²) in [6.07, 6.45) is -0.901. The number of alkyl carbamates (subject to hydrolysis) is 1. The minimum absolute atomic E-state index is 0.0666. The number of primary amides is 1. The number of nitrogens with one attached hydrogen (secondary N) is 3. The van der Waals surface area contributed by atoms with Gasteiger partial charge in [-0.2, -0.15) is 0 Å². The first-order valence-corrected chi connectivity index (χ1v) is 11.3. The molecule has 0 saturated heterocycles. The van der Waals surface area contributed by atoms with Crippen molar-refractivity contribution in [2.24, 2.45) is 5.73 Å². The second-order valence-corrected chi connectivity index (χ2v) is 8.40. The summed E-state index contributed by atoms with van der Waals surface area (Å²) >= 11 is 0. The van der Waals surface area contributed by atoms with Crippen LogP contribution in [0.4, 0.5) is 4.79 Å². The molecular weight excluding hydrogens is 452 g/mol. The minimum atomic E-state index is -1.13. The van der Waals surface area contributed by atoms with Gasteiger partial charge in [0.05, 0.1) is 0 Å². The molecule has 3 rings (SSSR count). The quantitative estimate of drug-likeness (QED) is 0.336. The molecule has 10 nitrogen and oxygen atoms in total. The van der Waals surface area contributed by atoms with E-state index < -0.39 is 41.9 Å². The Hall–Kier alpha value is -3.92. The Balaban J connectivity index is 1.59. The fourth-order valence-electron chi connectivity index (χ4n) is 3.97. The molecule has 186 valence electrons. The van der Waals surface area contributed by atoms with Gasteiger partial charge in [0, 0.05) is 12.5 Å². The normalized spacial score (nSPS) is 14.6. The van der Waals surface area contributed by atoms with Crippen LogP contribution in [0.1, 0.15) is 37.3 Å². The van der Waals surface area contributed by atoms with Crippen LogP contribution in [0.3, 0.4) is 0 Å². The number of nitrogens with two attached hydrogens (primary N) is 1. The van der Waals surface area contributed by atoms with Crippen LogP contribution in [0, 0.1) is 0 Å². The maximum Gasteiger partial charge on any atom is 0.407 e. The number of carbonyl (C=O) groups is 4. The van der Waals surface area contributed by atoms with Gasteiger partial charge < -0.3 is 31.5 Å². The summed E-state index contributed by atoms with van der Waals surface area (Å²) < 4.78 is 5.46. The lowest BCUT2D eigenvalue weighted by molar-refractivity contribution is -0.131. The second kappa shape index (κ2) is 11.5. The third kappa shape index (κ3) is 6.15. The zero-order valence-corrected chi connectivity index (χ0v) is 19.6. The maximum atomic E-state index is 12.6. The Labute approximate surface area is 203 Å². The van der Waals surface area contributed by atoms with Crippen molar-refractivity contribution in [1.29, 1.82) is 0 Å². The largest absolute Gasteiger partial charge is 0.449 e. The Bertz CT molecular complexity index is 1060. The summed E-state index contributed by atoms with van der Waals surface area (Å²) in [6, 6.07) is 12.8. The summed E-state index contributed by atoms with van der Waals surface area (Å²) in [5, 5.41) is 16.6. The van der Waals surface area contributed by atoms with Crippen molar-refractivity contribution in [2.45, 2.75) is 44.3 Å². The van der Waals surface area contributed by atoms with E-state index in [4.69, 9.17) is 10.5 Å². The second-order valence-electron chi connectivity index (χ2n) is 8.40. The number of carbonyl (C=O) groups excluding carboxylic acids is 4. The van der Waals surface area contributed by atoms with E-state index in [1.807, 2.05) is 48.5 Å². The van der Waals surface area contributed by atoms with Gasteiger partial charge in [-0.3, -0.25) is 14.4 Å². The zero-order valence-electron chi connectivity index (χ0n) is 19.6. The molecule has 0 aromatic heterocycles. The Morgan fingerprint density at radius 1 is 0.886 bits per heavy atom. The van der Waals surface area contributed by atoms with Crippen molar-refractivity contribution in [3.8, 4) is 11.1 Å². The van der Waals surface area contributed by atoms with Crippen molar-refractivity contribution in [1.82, 2.24) is 16.0 Å². The number of aliphatic hydroxyl groups excluding tert-OH is 1. The lowest BCUT2D eigenvalue weighted by atomic mass is 9.98. The fraction of sp³-hybridized carbons (Fsp3) is 0.360. The highest BCUT2D eigenvalue weighted by atomic mass is 16.5. The summed E-state index contributed by atoms with van der Waals surface area (Å²) in [4.78, 5) is 48.4. The molecule has 6 N–H and O–H groups in total. The highest BCUT2D eigenvalue weighted by Crippen LogP contribution is 2.44. The van der Waals surface area contributed by atoms with Crippen LogP contribution in [0.25, 0.3) is 11.1 Å². The summed E-state index contributed by atoms with van der Waals surface area (Å²) in [7, 11) is 0. The number of hydrogen-bond donors (Lipinski definition) is 5. The SMILES string of the molecule is CC(NC(=O)C(C)NC(=O)C(CCO)NC(=O)OCC1c2ccccc2-c2ccccc21)C(N)=O. The van der Waals surface area contributed by atoms with Crippen LogP contribution < -0.4 is 21.7 Å². The van der Waals surface area contributed by atoms with Crippen LogP contribution in [0.2, 0.25) is 0 Å². The first kappa shape index (κ1) is 25.7. The Morgan fingerprint density at radius 3 is 1.97 bits per heavy atom. The van der Waals surface area contributed by atoms with Gasteiger partial charge >= 0.3 is 6.09 Å². The predicted molar refractivity (Wildman–Crippen MR) is 128 cm³/mol. The van der Waals surface area contributed by atoms with E-state index in [0.717, 1.165) is 22.3 Å². The molecule has 0 bridgehead atoms. The van der Waals surface area contributed by atoms with Gasteiger partial charge in [0.1, 0.15) is 24.7 Å². The van der Waals surface area contributed by atoms with Gasteiger partial charge in [-0.15, -0.1) is 0 Å². The van der Waals surface area contributed by atoms with Crippen LogP contribution in [-0.4, -0.2) is 60.3 Å². The summed E-state index contributed by atoms with van der Waals surface area (Å²) in [5.41, 5.74) is 9.41. The highest BCUT2D eigenvalue weighted by Gasteiger charge is 2.30. The number of hydrogen-bond acceptors (Lipinski definition) is 6. The van der Waals surface area contributed by atoms with E-state index >= 15 is 0 Å². The Morgan fingerprint density at radius 2 is 1.43 bits per heavy atom. The van der Waals surface area contributed by atoms with E-state index in [-0.39, 0.29) is 25.6 Å². The molecular formula is C25H30N4O6. The third-order valence-corrected chi connectivity index (χ3v) is 5.91. The van der Waals surface area contributed by atoms with E-state index in [2.05, 4.69) is 16.0 Å². The number of aliphatic hydroxyl groups is 1. The topological polar surface area (TPSA) is 160 Å². The number of amides is 4. The van der Waals surface area contributed by atoms with Crippen molar-refractivity contribution < 1.29 is 29.0 Å². The number of ether oxygens (including phenoxy) is 1. The molecule has 10 heteroatoms. The molecule has 0 heterocycles. The molecule has 2 aromatic rings. The Kier molecular flexibility index (Phi) is 8.43. The summed E-state index contributed by atoms with van der Waals surface area (Å²) in [5.74, 6) is -2.16. The lowest BCUT2D eigenvalue weighted by Crippen LogP contribution is -2.55. The average molecular weight is 483 g/mol. The zero-order chi connectivity index (χ0) is 25.5. The molecule has 1 aliphatic carbocycles. The molecule has 1 aliphatic rings. The van der Waals surface area contributed by atoms with Gasteiger partial charge in [-0.25, -0.2) is 4.79 Å². The van der Waals surface area contributed by atoms with E-state index in [1.54, 1.807) is 0 Å². The first-order valence-electron chi connectivity index (χ1n) is 11.3. The van der Waals surface area contributed by atoms with Crippen LogP contribution in [-0.2, 0) is 19.1 Å². The fourth-order valence-corrected chi connectivity index (χ4v) is 3.97. The maximum absolute atomic E-state index is 12.6. The molecule has 0 radical (unpaired) electrons. The van der Waals surface area contributed by atoms with Gasteiger partial charge in [0.15, 0.2) is 0 Å². The van der Waals surface area contributed by atoms with Crippen molar-refractivity contribution in [3.05, 3.63) is 59.7 Å².